The number of aromatic nitrogens is 2. The molecule has 1 fully saturated rings. The van der Waals surface area contributed by atoms with Crippen LogP contribution in [0.5, 0.6) is 0 Å². The van der Waals surface area contributed by atoms with Gasteiger partial charge in [-0.25, -0.2) is 0 Å². The fourth-order valence-corrected chi connectivity index (χ4v) is 3.31. The van der Waals surface area contributed by atoms with E-state index in [1.165, 1.54) is 16.9 Å². The van der Waals surface area contributed by atoms with Gasteiger partial charge in [0.05, 0.1) is 25.0 Å². The summed E-state index contributed by atoms with van der Waals surface area (Å²) >= 11 is 0. The normalized spacial score (nSPS) is 16.2. The molecule has 1 aliphatic rings. The van der Waals surface area contributed by atoms with Crippen molar-refractivity contribution in [2.45, 2.75) is 33.0 Å². The molecule has 0 amide bonds. The van der Waals surface area contributed by atoms with Gasteiger partial charge in [-0.1, -0.05) is 24.3 Å². The van der Waals surface area contributed by atoms with Crippen molar-refractivity contribution in [1.29, 1.82) is 0 Å². The summed E-state index contributed by atoms with van der Waals surface area (Å²) in [5.41, 5.74) is 4.48. The first kappa shape index (κ1) is 17.9. The lowest BCUT2D eigenvalue weighted by Crippen LogP contribution is -2.38. The smallest absolute Gasteiger partial charge is 0.131 e. The van der Waals surface area contributed by atoms with Crippen molar-refractivity contribution in [3.8, 4) is 0 Å². The second kappa shape index (κ2) is 7.99. The summed E-state index contributed by atoms with van der Waals surface area (Å²) in [5, 5.41) is 17.7. The van der Waals surface area contributed by atoms with E-state index in [0.29, 0.717) is 0 Å². The number of nitrogens with zero attached hydrogens (tertiary/aromatic N) is 3. The third-order valence-electron chi connectivity index (χ3n) is 4.72. The first-order valence-corrected chi connectivity index (χ1v) is 8.89. The van der Waals surface area contributed by atoms with E-state index in [1.54, 1.807) is 6.92 Å². The topological polar surface area (TPSA) is 62.5 Å². The Morgan fingerprint density at radius 2 is 1.88 bits per heavy atom. The number of morpholine rings is 1. The Balaban J connectivity index is 1.64. The number of anilines is 1. The zero-order valence-electron chi connectivity index (χ0n) is 15.3. The van der Waals surface area contributed by atoms with E-state index in [0.717, 1.165) is 50.7 Å². The number of hydrogen-bond acceptors (Lipinski definition) is 5. The van der Waals surface area contributed by atoms with E-state index in [9.17, 15) is 5.11 Å². The maximum Gasteiger partial charge on any atom is 0.131 e. The lowest BCUT2D eigenvalue weighted by atomic mass is 10.1. The van der Waals surface area contributed by atoms with Gasteiger partial charge in [-0.05, 0) is 25.0 Å². The predicted octanol–water partition coefficient (Wildman–Crippen LogP) is 1.91. The highest BCUT2D eigenvalue weighted by Gasteiger charge is 2.20. The lowest BCUT2D eigenvalue weighted by molar-refractivity contribution is 0.122. The average Bonchev–Trinajstić information content (AvgIpc) is 2.89. The van der Waals surface area contributed by atoms with Crippen LogP contribution in [0.2, 0.25) is 0 Å². The van der Waals surface area contributed by atoms with Gasteiger partial charge in [-0.3, -0.25) is 4.68 Å². The summed E-state index contributed by atoms with van der Waals surface area (Å²) in [4.78, 5) is 2.36. The zero-order valence-corrected chi connectivity index (χ0v) is 15.3. The van der Waals surface area contributed by atoms with Gasteiger partial charge in [0.25, 0.3) is 0 Å². The van der Waals surface area contributed by atoms with Crippen molar-refractivity contribution >= 4 is 5.82 Å². The van der Waals surface area contributed by atoms with Crippen LogP contribution < -0.4 is 10.2 Å². The molecule has 1 aromatic carbocycles. The van der Waals surface area contributed by atoms with Crippen molar-refractivity contribution in [3.63, 3.8) is 0 Å². The number of nitrogens with one attached hydrogen (secondary N) is 1. The monoisotopic (exact) mass is 344 g/mol. The molecule has 2 aromatic rings. The maximum absolute atomic E-state index is 9.59. The number of ether oxygens (including phenoxy) is 1. The van der Waals surface area contributed by atoms with Gasteiger partial charge >= 0.3 is 0 Å². The minimum absolute atomic E-state index is 0.420. The molecular formula is C19H28N4O2. The van der Waals surface area contributed by atoms with Crippen molar-refractivity contribution in [2.75, 3.05) is 31.2 Å². The van der Waals surface area contributed by atoms with Crippen LogP contribution in [-0.2, 0) is 24.9 Å². The van der Waals surface area contributed by atoms with Gasteiger partial charge in [0.2, 0.25) is 0 Å². The number of hydrogen-bond donors (Lipinski definition) is 2. The molecule has 2 heterocycles. The second-order valence-corrected chi connectivity index (χ2v) is 6.63. The molecule has 0 radical (unpaired) electrons. The molecule has 0 bridgehead atoms. The molecule has 1 saturated heterocycles. The molecule has 3 rings (SSSR count). The molecule has 1 aliphatic heterocycles. The van der Waals surface area contributed by atoms with Crippen LogP contribution in [-0.4, -0.2) is 41.2 Å². The number of rotatable bonds is 6. The summed E-state index contributed by atoms with van der Waals surface area (Å²) in [5.74, 6) is 1.19. The SMILES string of the molecule is Cc1nn(C)c(N2CCOCC2)c1CNCc1ccc([C@H](C)O)cc1. The molecule has 6 nitrogen and oxygen atoms in total. The number of aliphatic hydroxyl groups is 1. The highest BCUT2D eigenvalue weighted by molar-refractivity contribution is 5.50. The van der Waals surface area contributed by atoms with Gasteiger partial charge in [0.15, 0.2) is 0 Å². The molecule has 1 atom stereocenters. The third kappa shape index (κ3) is 4.21. The molecule has 0 saturated carbocycles. The maximum atomic E-state index is 9.59. The fraction of sp³-hybridized carbons (Fsp3) is 0.526. The molecule has 25 heavy (non-hydrogen) atoms. The summed E-state index contributed by atoms with van der Waals surface area (Å²) in [7, 11) is 2.01. The highest BCUT2D eigenvalue weighted by atomic mass is 16.5. The lowest BCUT2D eigenvalue weighted by Gasteiger charge is -2.29. The number of aryl methyl sites for hydroxylation is 2. The van der Waals surface area contributed by atoms with E-state index in [-0.39, 0.29) is 0 Å². The largest absolute Gasteiger partial charge is 0.389 e. The van der Waals surface area contributed by atoms with Crippen molar-refractivity contribution in [2.24, 2.45) is 7.05 Å². The Hall–Kier alpha value is -1.89. The van der Waals surface area contributed by atoms with E-state index >= 15 is 0 Å². The van der Waals surface area contributed by atoms with E-state index in [4.69, 9.17) is 4.74 Å². The Labute approximate surface area is 149 Å². The first-order chi connectivity index (χ1) is 12.1. The van der Waals surface area contributed by atoms with Crippen LogP contribution >= 0.6 is 0 Å². The minimum atomic E-state index is -0.420. The Morgan fingerprint density at radius 1 is 1.20 bits per heavy atom. The molecule has 2 N–H and O–H groups in total. The first-order valence-electron chi connectivity index (χ1n) is 8.89. The Kier molecular flexibility index (Phi) is 5.73. The quantitative estimate of drug-likeness (QED) is 0.838. The van der Waals surface area contributed by atoms with Crippen LogP contribution in [0.3, 0.4) is 0 Å². The van der Waals surface area contributed by atoms with Crippen LogP contribution in [0.25, 0.3) is 0 Å². The van der Waals surface area contributed by atoms with Gasteiger partial charge in [0, 0.05) is 38.8 Å². The van der Waals surface area contributed by atoms with Crippen LogP contribution in [0.4, 0.5) is 5.82 Å². The zero-order chi connectivity index (χ0) is 17.8. The summed E-state index contributed by atoms with van der Waals surface area (Å²) in [6, 6.07) is 8.09. The highest BCUT2D eigenvalue weighted by Crippen LogP contribution is 2.24. The summed E-state index contributed by atoms with van der Waals surface area (Å²) < 4.78 is 7.45. The van der Waals surface area contributed by atoms with Crippen molar-refractivity contribution in [1.82, 2.24) is 15.1 Å². The second-order valence-electron chi connectivity index (χ2n) is 6.63. The fourth-order valence-electron chi connectivity index (χ4n) is 3.31. The summed E-state index contributed by atoms with van der Waals surface area (Å²) in [6.07, 6.45) is -0.420. The predicted molar refractivity (Wildman–Crippen MR) is 98.6 cm³/mol. The minimum Gasteiger partial charge on any atom is -0.389 e. The van der Waals surface area contributed by atoms with Crippen molar-refractivity contribution in [3.05, 3.63) is 46.6 Å². The summed E-state index contributed by atoms with van der Waals surface area (Å²) in [6.45, 7) is 8.78. The van der Waals surface area contributed by atoms with E-state index in [1.807, 2.05) is 23.9 Å². The Morgan fingerprint density at radius 3 is 2.52 bits per heavy atom. The number of benzene rings is 1. The van der Waals surface area contributed by atoms with E-state index in [2.05, 4.69) is 34.4 Å². The molecule has 0 aliphatic carbocycles. The van der Waals surface area contributed by atoms with E-state index < -0.39 is 6.10 Å². The van der Waals surface area contributed by atoms with Crippen molar-refractivity contribution < 1.29 is 9.84 Å². The van der Waals surface area contributed by atoms with Gasteiger partial charge in [-0.15, -0.1) is 0 Å². The van der Waals surface area contributed by atoms with Gasteiger partial charge in [0.1, 0.15) is 5.82 Å². The Bertz CT molecular complexity index is 688. The third-order valence-corrected chi connectivity index (χ3v) is 4.72. The van der Waals surface area contributed by atoms with Crippen LogP contribution in [0, 0.1) is 6.92 Å². The van der Waals surface area contributed by atoms with Gasteiger partial charge < -0.3 is 20.1 Å². The molecule has 6 heteroatoms. The molecular weight excluding hydrogens is 316 g/mol. The van der Waals surface area contributed by atoms with Crippen LogP contribution in [0.15, 0.2) is 24.3 Å². The molecule has 0 unspecified atom stereocenters. The molecule has 0 spiro atoms. The average molecular weight is 344 g/mol. The van der Waals surface area contributed by atoms with Gasteiger partial charge in [-0.2, -0.15) is 5.10 Å². The van der Waals surface area contributed by atoms with Crippen LogP contribution in [0.1, 0.15) is 35.4 Å². The number of aliphatic hydroxyl groups excluding tert-OH is 1. The molecule has 1 aromatic heterocycles. The standard InChI is InChI=1S/C19H28N4O2/c1-14-18(19(22(3)21-14)23-8-10-25-11-9-23)13-20-12-16-4-6-17(7-5-16)15(2)24/h4-7,15,20,24H,8-13H2,1-3H3/t15-/m0/s1. The molecule has 136 valence electrons.